The van der Waals surface area contributed by atoms with Crippen LogP contribution in [0.5, 0.6) is 0 Å². The summed E-state index contributed by atoms with van der Waals surface area (Å²) in [5.74, 6) is 1.25. The maximum Gasteiger partial charge on any atom is 0.236 e. The van der Waals surface area contributed by atoms with Gasteiger partial charge in [-0.2, -0.15) is 0 Å². The summed E-state index contributed by atoms with van der Waals surface area (Å²) in [6.07, 6.45) is 2.31. The minimum Gasteiger partial charge on any atom is -0.341 e. The molecular weight excluding hydrogens is 202 g/mol. The molecule has 1 saturated carbocycles. The quantitative estimate of drug-likeness (QED) is 0.628. The number of fused-ring (bicyclic) bond motifs is 1. The fourth-order valence-electron chi connectivity index (χ4n) is 2.64. The lowest BCUT2D eigenvalue weighted by Crippen LogP contribution is -2.36. The van der Waals surface area contributed by atoms with Crippen molar-refractivity contribution >= 4 is 18.3 Å². The number of hydrogen-bond acceptors (Lipinski definition) is 3. The molecule has 0 aromatic heterocycles. The molecule has 2 fully saturated rings. The Morgan fingerprint density at radius 2 is 2.07 bits per heavy atom. The summed E-state index contributed by atoms with van der Waals surface area (Å²) in [4.78, 5) is 13.2. The number of nitrogens with two attached hydrogens (primary N) is 2. The molecule has 2 rings (SSSR count). The van der Waals surface area contributed by atoms with Crippen molar-refractivity contribution in [2.45, 2.75) is 18.9 Å². The minimum atomic E-state index is 0. The highest BCUT2D eigenvalue weighted by Gasteiger charge is 2.41. The molecule has 0 radical (unpaired) electrons. The fraction of sp³-hybridized carbons (Fsp3) is 0.889. The Labute approximate surface area is 90.4 Å². The molecule has 1 aliphatic carbocycles. The van der Waals surface area contributed by atoms with Crippen molar-refractivity contribution in [2.24, 2.45) is 23.3 Å². The second-order valence-corrected chi connectivity index (χ2v) is 4.17. The topological polar surface area (TPSA) is 72.4 Å². The van der Waals surface area contributed by atoms with Gasteiger partial charge < -0.3 is 16.4 Å². The summed E-state index contributed by atoms with van der Waals surface area (Å²) in [7, 11) is 0. The average molecular weight is 220 g/mol. The number of nitrogens with zero attached hydrogens (tertiary/aromatic N) is 1. The van der Waals surface area contributed by atoms with Gasteiger partial charge in [0.25, 0.3) is 0 Å². The number of carbonyl (C=O) groups excluding carboxylic acids is 1. The van der Waals surface area contributed by atoms with Gasteiger partial charge in [-0.3, -0.25) is 4.79 Å². The second-order valence-electron chi connectivity index (χ2n) is 4.17. The predicted octanol–water partition coefficient (Wildman–Crippen LogP) is -0.437. The standard InChI is InChI=1S/C9H17N3O.ClH/c10-3-9(13)12-4-6-1-2-8(11)7(6)5-12;/h6-8H,1-5,10-11H2;1H. The first-order chi connectivity index (χ1) is 6.22. The van der Waals surface area contributed by atoms with Crippen LogP contribution in [0, 0.1) is 11.8 Å². The molecule has 1 aliphatic heterocycles. The molecule has 82 valence electrons. The number of hydrogen-bond donors (Lipinski definition) is 2. The fourth-order valence-corrected chi connectivity index (χ4v) is 2.64. The van der Waals surface area contributed by atoms with Crippen LogP contribution in [0.2, 0.25) is 0 Å². The van der Waals surface area contributed by atoms with E-state index in [1.807, 2.05) is 4.90 Å². The maximum absolute atomic E-state index is 11.3. The smallest absolute Gasteiger partial charge is 0.236 e. The minimum absolute atomic E-state index is 0. The Kier molecular flexibility index (Phi) is 3.75. The summed E-state index contributed by atoms with van der Waals surface area (Å²) < 4.78 is 0. The number of likely N-dealkylation sites (tertiary alicyclic amines) is 1. The van der Waals surface area contributed by atoms with Crippen LogP contribution in [0.15, 0.2) is 0 Å². The van der Waals surface area contributed by atoms with Gasteiger partial charge in [-0.25, -0.2) is 0 Å². The zero-order valence-electron chi connectivity index (χ0n) is 8.19. The molecular formula is C9H18ClN3O. The summed E-state index contributed by atoms with van der Waals surface area (Å²) >= 11 is 0. The molecule has 1 amide bonds. The third-order valence-corrected chi connectivity index (χ3v) is 3.44. The Bertz CT molecular complexity index is 224. The van der Waals surface area contributed by atoms with E-state index in [-0.39, 0.29) is 24.9 Å². The van der Waals surface area contributed by atoms with Gasteiger partial charge in [-0.1, -0.05) is 0 Å². The van der Waals surface area contributed by atoms with Crippen LogP contribution in [-0.2, 0) is 4.79 Å². The molecule has 3 atom stereocenters. The first-order valence-corrected chi connectivity index (χ1v) is 4.95. The summed E-state index contributed by atoms with van der Waals surface area (Å²) in [6.45, 7) is 1.85. The van der Waals surface area contributed by atoms with E-state index in [0.717, 1.165) is 19.5 Å². The van der Waals surface area contributed by atoms with Crippen LogP contribution >= 0.6 is 12.4 Å². The third kappa shape index (κ3) is 1.87. The van der Waals surface area contributed by atoms with E-state index < -0.39 is 0 Å². The van der Waals surface area contributed by atoms with Crippen molar-refractivity contribution in [3.63, 3.8) is 0 Å². The molecule has 0 spiro atoms. The number of halogens is 1. The van der Waals surface area contributed by atoms with Gasteiger partial charge >= 0.3 is 0 Å². The average Bonchev–Trinajstić information content (AvgIpc) is 2.67. The SMILES string of the molecule is Cl.NCC(=O)N1CC2CCC(N)C2C1. The van der Waals surface area contributed by atoms with Crippen molar-refractivity contribution in [3.8, 4) is 0 Å². The van der Waals surface area contributed by atoms with Crippen molar-refractivity contribution in [1.29, 1.82) is 0 Å². The van der Waals surface area contributed by atoms with E-state index in [1.165, 1.54) is 6.42 Å². The van der Waals surface area contributed by atoms with Gasteiger partial charge in [0.15, 0.2) is 0 Å². The van der Waals surface area contributed by atoms with Crippen molar-refractivity contribution < 1.29 is 4.79 Å². The van der Waals surface area contributed by atoms with Gasteiger partial charge in [-0.05, 0) is 24.7 Å². The highest BCUT2D eigenvalue weighted by molar-refractivity contribution is 5.85. The molecule has 1 heterocycles. The van der Waals surface area contributed by atoms with Crippen LogP contribution in [0.25, 0.3) is 0 Å². The van der Waals surface area contributed by atoms with Gasteiger partial charge in [-0.15, -0.1) is 12.4 Å². The van der Waals surface area contributed by atoms with E-state index >= 15 is 0 Å². The summed E-state index contributed by atoms with van der Waals surface area (Å²) in [5, 5.41) is 0. The Morgan fingerprint density at radius 1 is 1.36 bits per heavy atom. The van der Waals surface area contributed by atoms with E-state index in [0.29, 0.717) is 17.9 Å². The second kappa shape index (κ2) is 4.47. The number of amides is 1. The van der Waals surface area contributed by atoms with Crippen molar-refractivity contribution in [1.82, 2.24) is 4.90 Å². The summed E-state index contributed by atoms with van der Waals surface area (Å²) in [6, 6.07) is 0.306. The zero-order chi connectivity index (χ0) is 9.42. The molecule has 1 saturated heterocycles. The van der Waals surface area contributed by atoms with Crippen LogP contribution in [0.1, 0.15) is 12.8 Å². The largest absolute Gasteiger partial charge is 0.341 e. The monoisotopic (exact) mass is 219 g/mol. The molecule has 2 aliphatic rings. The molecule has 14 heavy (non-hydrogen) atoms. The van der Waals surface area contributed by atoms with Gasteiger partial charge in [0.1, 0.15) is 0 Å². The zero-order valence-corrected chi connectivity index (χ0v) is 9.00. The lowest BCUT2D eigenvalue weighted by Gasteiger charge is -2.17. The first kappa shape index (κ1) is 11.8. The molecule has 3 unspecified atom stereocenters. The Balaban J connectivity index is 0.000000980. The van der Waals surface area contributed by atoms with Crippen LogP contribution in [-0.4, -0.2) is 36.5 Å². The van der Waals surface area contributed by atoms with Gasteiger partial charge in [0, 0.05) is 19.1 Å². The molecule has 4 N–H and O–H groups in total. The highest BCUT2D eigenvalue weighted by Crippen LogP contribution is 2.36. The van der Waals surface area contributed by atoms with E-state index in [1.54, 1.807) is 0 Å². The molecule has 0 bridgehead atoms. The van der Waals surface area contributed by atoms with E-state index in [2.05, 4.69) is 0 Å². The number of carbonyl (C=O) groups is 1. The predicted molar refractivity (Wildman–Crippen MR) is 57.1 cm³/mol. The molecule has 4 nitrogen and oxygen atoms in total. The van der Waals surface area contributed by atoms with Crippen LogP contribution in [0.3, 0.4) is 0 Å². The number of rotatable bonds is 1. The van der Waals surface area contributed by atoms with Crippen molar-refractivity contribution in [3.05, 3.63) is 0 Å². The molecule has 0 aromatic carbocycles. The maximum atomic E-state index is 11.3. The van der Waals surface area contributed by atoms with Gasteiger partial charge in [0.2, 0.25) is 5.91 Å². The lowest BCUT2D eigenvalue weighted by atomic mass is 9.98. The Morgan fingerprint density at radius 3 is 2.64 bits per heavy atom. The molecule has 5 heteroatoms. The summed E-state index contributed by atoms with van der Waals surface area (Å²) in [5.41, 5.74) is 11.3. The highest BCUT2D eigenvalue weighted by atomic mass is 35.5. The third-order valence-electron chi connectivity index (χ3n) is 3.44. The Hall–Kier alpha value is -0.320. The van der Waals surface area contributed by atoms with Crippen LogP contribution in [0.4, 0.5) is 0 Å². The van der Waals surface area contributed by atoms with E-state index in [9.17, 15) is 4.79 Å². The first-order valence-electron chi connectivity index (χ1n) is 4.95. The van der Waals surface area contributed by atoms with E-state index in [4.69, 9.17) is 11.5 Å². The van der Waals surface area contributed by atoms with Crippen molar-refractivity contribution in [2.75, 3.05) is 19.6 Å². The molecule has 0 aromatic rings. The van der Waals surface area contributed by atoms with Gasteiger partial charge in [0.05, 0.1) is 6.54 Å². The lowest BCUT2D eigenvalue weighted by molar-refractivity contribution is -0.128. The van der Waals surface area contributed by atoms with Crippen LogP contribution < -0.4 is 11.5 Å². The normalized spacial score (nSPS) is 35.3.